The highest BCUT2D eigenvalue weighted by molar-refractivity contribution is 7.22. The van der Waals surface area contributed by atoms with Crippen LogP contribution in [0.5, 0.6) is 11.5 Å². The van der Waals surface area contributed by atoms with Crippen molar-refractivity contribution in [2.75, 3.05) is 35.9 Å². The number of carbonyl (C=O) groups is 4. The van der Waals surface area contributed by atoms with Gasteiger partial charge in [-0.2, -0.15) is 5.10 Å². The number of nitro benzene ring substituents is 2. The summed E-state index contributed by atoms with van der Waals surface area (Å²) in [5.74, 6) is -7.66. The van der Waals surface area contributed by atoms with Crippen LogP contribution in [-0.4, -0.2) is 69.6 Å². The first-order valence-electron chi connectivity index (χ1n) is 19.7. The van der Waals surface area contributed by atoms with E-state index in [0.29, 0.717) is 21.9 Å². The minimum atomic E-state index is -1.51. The summed E-state index contributed by atoms with van der Waals surface area (Å²) < 4.78 is 7.92. The number of aromatic nitrogens is 2. The Balaban J connectivity index is 1.17. The summed E-state index contributed by atoms with van der Waals surface area (Å²) in [6.45, 7) is 3.64. The van der Waals surface area contributed by atoms with E-state index in [1.807, 2.05) is 19.1 Å². The number of methoxy groups -OCH3 is 1. The summed E-state index contributed by atoms with van der Waals surface area (Å²) in [4.78, 5) is 86.3. The van der Waals surface area contributed by atoms with Gasteiger partial charge in [-0.05, 0) is 79.5 Å². The second-order valence-corrected chi connectivity index (χ2v) is 18.6. The molecule has 0 unspecified atom stereocenters. The number of nitro groups is 2. The van der Waals surface area contributed by atoms with E-state index < -0.39 is 79.9 Å². The van der Waals surface area contributed by atoms with Gasteiger partial charge in [0, 0.05) is 55.0 Å². The number of allylic oxidation sites excluding steroid dienone is 2. The Morgan fingerprint density at radius 3 is 2.27 bits per heavy atom. The summed E-state index contributed by atoms with van der Waals surface area (Å²) in [6, 6.07) is 12.2. The molecule has 63 heavy (non-hydrogen) atoms. The summed E-state index contributed by atoms with van der Waals surface area (Å²) in [6.07, 6.45) is 1.76. The van der Waals surface area contributed by atoms with Crippen molar-refractivity contribution in [2.45, 2.75) is 32.6 Å². The quantitative estimate of drug-likeness (QED) is 0.0680. The van der Waals surface area contributed by atoms with Crippen molar-refractivity contribution in [3.8, 4) is 22.1 Å². The molecule has 3 aromatic carbocycles. The first-order valence-corrected chi connectivity index (χ1v) is 21.3. The normalized spacial score (nSPS) is 24.1. The molecule has 6 atom stereocenters. The Morgan fingerprint density at radius 2 is 1.63 bits per heavy atom. The number of aromatic hydroxyl groups is 1. The number of carbonyl (C=O) groups excluding carboxylic acids is 4. The Labute approximate surface area is 372 Å². The number of phenols is 1. The molecule has 2 aromatic heterocycles. The molecule has 9 rings (SSSR count). The molecular weight excluding hydrogens is 877 g/mol. The number of nitrogens with zero attached hydrogens (tertiary/aromatic N) is 7. The van der Waals surface area contributed by atoms with Crippen LogP contribution in [0.1, 0.15) is 36.8 Å². The number of thiophene rings is 1. The Morgan fingerprint density at radius 1 is 0.952 bits per heavy atom. The zero-order valence-electron chi connectivity index (χ0n) is 34.4. The number of phenolic OH excluding ortho intramolecular Hbond substituents is 1. The fraction of sp³-hybridized carbons (Fsp3) is 0.326. The lowest BCUT2D eigenvalue weighted by molar-refractivity contribution is -0.392. The number of fused-ring (bicyclic) bond motifs is 5. The molecule has 324 valence electrons. The van der Waals surface area contributed by atoms with Crippen LogP contribution in [0.15, 0.2) is 60.2 Å². The van der Waals surface area contributed by atoms with E-state index in [-0.39, 0.29) is 46.6 Å². The fourth-order valence-corrected chi connectivity index (χ4v) is 12.0. The van der Waals surface area contributed by atoms with Crippen LogP contribution in [0.2, 0.25) is 10.0 Å². The van der Waals surface area contributed by atoms with E-state index in [1.165, 1.54) is 54.3 Å². The molecular formula is C43H37Cl2N7O10S. The van der Waals surface area contributed by atoms with Gasteiger partial charge in [-0.25, -0.2) is 9.80 Å². The molecule has 3 fully saturated rings. The largest absolute Gasteiger partial charge is 0.503 e. The van der Waals surface area contributed by atoms with Gasteiger partial charge in [-0.3, -0.25) is 44.1 Å². The smallest absolute Gasteiger partial charge is 0.301 e. The number of benzene rings is 3. The van der Waals surface area contributed by atoms with E-state index >= 15 is 9.59 Å². The third-order valence-corrected chi connectivity index (χ3v) is 15.1. The van der Waals surface area contributed by atoms with Crippen LogP contribution in [0, 0.1) is 56.2 Å². The molecule has 2 aliphatic carbocycles. The van der Waals surface area contributed by atoms with E-state index in [4.69, 9.17) is 33.0 Å². The molecule has 4 amide bonds. The van der Waals surface area contributed by atoms with Crippen LogP contribution in [0.4, 0.5) is 28.6 Å². The van der Waals surface area contributed by atoms with E-state index in [2.05, 4.69) is 0 Å². The molecule has 0 radical (unpaired) electrons. The average Bonchev–Trinajstić information content (AvgIpc) is 3.91. The standard InChI is InChI=1S/C43H37Cl2N7O10S/c1-18-24-13-20(44)7-10-32(24)63-38(18)28-17-33(48(5)46-28)50-40(55)26-16-25-22(35(43(26,2)42(50)57)19-11-27(45)37(53)31(12-19)62-6)8-9-23-34(25)41(56)49(39(23)54)21-14-29(51(58)59)36(47(3)4)30(15-21)52(60)61/h7-8,10-15,17,23,25-26,34-35,53H,9,16H2,1-6H3/t23-,25+,26-,34-,35-,43+/m0/s1. The van der Waals surface area contributed by atoms with E-state index in [1.54, 1.807) is 32.2 Å². The van der Waals surface area contributed by atoms with Crippen molar-refractivity contribution in [2.24, 2.45) is 36.1 Å². The maximum Gasteiger partial charge on any atom is 0.301 e. The highest BCUT2D eigenvalue weighted by Gasteiger charge is 2.68. The van der Waals surface area contributed by atoms with Crippen LogP contribution in [0.25, 0.3) is 20.7 Å². The topological polar surface area (TPSA) is 212 Å². The molecule has 2 aliphatic heterocycles. The number of halogens is 2. The lowest BCUT2D eigenvalue weighted by Gasteiger charge is -2.49. The van der Waals surface area contributed by atoms with Gasteiger partial charge in [0.1, 0.15) is 11.5 Å². The van der Waals surface area contributed by atoms with Crippen LogP contribution in [-0.2, 0) is 26.2 Å². The van der Waals surface area contributed by atoms with Crippen molar-refractivity contribution in [1.29, 1.82) is 0 Å². The summed E-state index contributed by atoms with van der Waals surface area (Å²) in [7, 11) is 5.78. The monoisotopic (exact) mass is 913 g/mol. The van der Waals surface area contributed by atoms with E-state index in [9.17, 15) is 34.9 Å². The zero-order valence-corrected chi connectivity index (χ0v) is 36.7. The summed E-state index contributed by atoms with van der Waals surface area (Å²) >= 11 is 14.4. The number of rotatable bonds is 8. The molecule has 0 bridgehead atoms. The first kappa shape index (κ1) is 42.0. The molecule has 17 nitrogen and oxygen atoms in total. The predicted octanol–water partition coefficient (Wildman–Crippen LogP) is 7.95. The lowest BCUT2D eigenvalue weighted by Crippen LogP contribution is -2.49. The van der Waals surface area contributed by atoms with Crippen LogP contribution in [0.3, 0.4) is 0 Å². The average molecular weight is 915 g/mol. The number of ether oxygens (including phenoxy) is 1. The van der Waals surface area contributed by atoms with Gasteiger partial charge in [0.25, 0.3) is 0 Å². The first-order chi connectivity index (χ1) is 29.8. The summed E-state index contributed by atoms with van der Waals surface area (Å²) in [5.41, 5.74) is -1.07. The second-order valence-electron chi connectivity index (χ2n) is 16.7. The van der Waals surface area contributed by atoms with Crippen molar-refractivity contribution < 1.29 is 38.9 Å². The Bertz CT molecular complexity index is 2930. The molecule has 1 N–H and O–H groups in total. The SMILES string of the molecule is COc1cc([C@H]2C3=CC[C@@H]4C(=O)N(c5cc([N+](=O)[O-])c(N(C)C)c([N+](=O)[O-])c5)C(=O)[C@@H]4[C@@H]3C[C@H]3C(=O)N(c4cc(-c5sc6ccc(Cl)cc6c5C)nn4C)C(=O)[C@@]23C)cc(Cl)c1O. The molecule has 2 saturated heterocycles. The predicted molar refractivity (Wildman–Crippen MR) is 235 cm³/mol. The van der Waals surface area contributed by atoms with Gasteiger partial charge in [-0.15, -0.1) is 11.3 Å². The Hall–Kier alpha value is -6.37. The molecule has 1 saturated carbocycles. The molecule has 4 aliphatic rings. The van der Waals surface area contributed by atoms with Gasteiger partial charge in [-0.1, -0.05) is 34.9 Å². The lowest BCUT2D eigenvalue weighted by atomic mass is 9.51. The molecule has 0 spiro atoms. The van der Waals surface area contributed by atoms with Gasteiger partial charge < -0.3 is 14.7 Å². The highest BCUT2D eigenvalue weighted by Crippen LogP contribution is 2.64. The second kappa shape index (κ2) is 14.6. The van der Waals surface area contributed by atoms with Gasteiger partial charge in [0.2, 0.25) is 23.6 Å². The number of hydrogen-bond acceptors (Lipinski definition) is 13. The van der Waals surface area contributed by atoms with Crippen LogP contribution < -0.4 is 19.4 Å². The maximum atomic E-state index is 15.3. The Kier molecular flexibility index (Phi) is 9.72. The maximum absolute atomic E-state index is 15.3. The van der Waals surface area contributed by atoms with Gasteiger partial charge in [0.05, 0.1) is 55.7 Å². The van der Waals surface area contributed by atoms with Crippen molar-refractivity contribution >= 4 is 96.8 Å². The molecule has 20 heteroatoms. The van der Waals surface area contributed by atoms with Crippen molar-refractivity contribution in [3.63, 3.8) is 0 Å². The minimum Gasteiger partial charge on any atom is -0.503 e. The van der Waals surface area contributed by atoms with Gasteiger partial charge in [0.15, 0.2) is 17.2 Å². The van der Waals surface area contributed by atoms with Gasteiger partial charge >= 0.3 is 11.4 Å². The number of hydrogen-bond donors (Lipinski definition) is 1. The van der Waals surface area contributed by atoms with Crippen molar-refractivity contribution in [3.05, 3.63) is 102 Å². The van der Waals surface area contributed by atoms with Crippen LogP contribution >= 0.6 is 34.5 Å². The van der Waals surface area contributed by atoms with E-state index in [0.717, 1.165) is 42.5 Å². The van der Waals surface area contributed by atoms with Crippen molar-refractivity contribution in [1.82, 2.24) is 9.78 Å². The third kappa shape index (κ3) is 5.98. The third-order valence-electron chi connectivity index (χ3n) is 13.2. The minimum absolute atomic E-state index is 0.00149. The highest BCUT2D eigenvalue weighted by atomic mass is 35.5. The zero-order chi connectivity index (χ0) is 45.3. The number of amides is 4. The summed E-state index contributed by atoms with van der Waals surface area (Å²) in [5, 5.41) is 41.5. The number of aryl methyl sites for hydroxylation is 2. The fourth-order valence-electron chi connectivity index (χ4n) is 10.5. The molecule has 5 aromatic rings. The number of imide groups is 2. The molecule has 4 heterocycles. The number of anilines is 3.